The standard InChI is InChI=1S/C15H27NO3/c1-5-10(3)9-16(4)14(17)12-7-11(6-2)8-13(12)15(18)19/h10-13H,5-9H2,1-4H3,(H,18,19)/t10?,11?,12-,13+/m0/s1. The molecule has 1 aliphatic carbocycles. The number of hydrogen-bond acceptors (Lipinski definition) is 2. The minimum atomic E-state index is -0.814. The van der Waals surface area contributed by atoms with Crippen molar-refractivity contribution in [3.63, 3.8) is 0 Å². The maximum Gasteiger partial charge on any atom is 0.307 e. The quantitative estimate of drug-likeness (QED) is 0.806. The highest BCUT2D eigenvalue weighted by atomic mass is 16.4. The zero-order chi connectivity index (χ0) is 14.6. The van der Waals surface area contributed by atoms with Gasteiger partial charge in [0.2, 0.25) is 5.91 Å². The van der Waals surface area contributed by atoms with Crippen molar-refractivity contribution in [3.8, 4) is 0 Å². The lowest BCUT2D eigenvalue weighted by Gasteiger charge is -2.25. The molecule has 1 aliphatic rings. The third-order valence-electron chi connectivity index (χ3n) is 4.53. The number of hydrogen-bond donors (Lipinski definition) is 1. The maximum absolute atomic E-state index is 12.4. The molecule has 1 rings (SSSR count). The highest BCUT2D eigenvalue weighted by molar-refractivity contribution is 5.85. The molecule has 4 nitrogen and oxygen atoms in total. The molecule has 1 N–H and O–H groups in total. The fraction of sp³-hybridized carbons (Fsp3) is 0.867. The smallest absolute Gasteiger partial charge is 0.307 e. The van der Waals surface area contributed by atoms with Gasteiger partial charge in [-0.25, -0.2) is 0 Å². The topological polar surface area (TPSA) is 57.6 Å². The van der Waals surface area contributed by atoms with Gasteiger partial charge in [0.25, 0.3) is 0 Å². The van der Waals surface area contributed by atoms with Crippen LogP contribution in [-0.2, 0) is 9.59 Å². The molecule has 1 saturated carbocycles. The van der Waals surface area contributed by atoms with Crippen molar-refractivity contribution in [2.75, 3.05) is 13.6 Å². The molecule has 0 aliphatic heterocycles. The highest BCUT2D eigenvalue weighted by Crippen LogP contribution is 2.39. The molecule has 19 heavy (non-hydrogen) atoms. The molecular weight excluding hydrogens is 242 g/mol. The molecule has 1 amide bonds. The third kappa shape index (κ3) is 3.95. The second-order valence-corrected chi connectivity index (χ2v) is 6.03. The van der Waals surface area contributed by atoms with E-state index in [1.807, 2.05) is 0 Å². The summed E-state index contributed by atoms with van der Waals surface area (Å²) in [6.45, 7) is 7.00. The molecule has 2 unspecified atom stereocenters. The van der Waals surface area contributed by atoms with Crippen LogP contribution >= 0.6 is 0 Å². The van der Waals surface area contributed by atoms with Crippen molar-refractivity contribution < 1.29 is 14.7 Å². The summed E-state index contributed by atoms with van der Waals surface area (Å²) < 4.78 is 0. The molecule has 0 aromatic heterocycles. The van der Waals surface area contributed by atoms with Crippen LogP contribution in [-0.4, -0.2) is 35.5 Å². The molecule has 0 heterocycles. The molecule has 0 radical (unpaired) electrons. The number of carbonyl (C=O) groups excluding carboxylic acids is 1. The summed E-state index contributed by atoms with van der Waals surface area (Å²) in [5.41, 5.74) is 0. The Hall–Kier alpha value is -1.06. The Morgan fingerprint density at radius 1 is 1.26 bits per heavy atom. The van der Waals surface area contributed by atoms with Crippen LogP contribution in [0.1, 0.15) is 46.5 Å². The third-order valence-corrected chi connectivity index (χ3v) is 4.53. The van der Waals surface area contributed by atoms with Gasteiger partial charge in [-0.05, 0) is 24.7 Å². The van der Waals surface area contributed by atoms with Crippen molar-refractivity contribution in [3.05, 3.63) is 0 Å². The van der Waals surface area contributed by atoms with Gasteiger partial charge in [0.15, 0.2) is 0 Å². The predicted molar refractivity (Wildman–Crippen MR) is 74.7 cm³/mol. The Kier molecular flexibility index (Phi) is 5.83. The van der Waals surface area contributed by atoms with Crippen LogP contribution in [0, 0.1) is 23.7 Å². The van der Waals surface area contributed by atoms with Gasteiger partial charge in [-0.3, -0.25) is 9.59 Å². The number of carboxylic acid groups (broad SMARTS) is 1. The molecule has 0 spiro atoms. The Labute approximate surface area is 116 Å². The molecule has 110 valence electrons. The van der Waals surface area contributed by atoms with Crippen LogP contribution in [0.2, 0.25) is 0 Å². The first-order chi connectivity index (χ1) is 8.90. The number of carboxylic acids is 1. The van der Waals surface area contributed by atoms with Gasteiger partial charge in [0, 0.05) is 13.6 Å². The Morgan fingerprint density at radius 3 is 2.32 bits per heavy atom. The highest BCUT2D eigenvalue weighted by Gasteiger charge is 2.43. The summed E-state index contributed by atoms with van der Waals surface area (Å²) in [4.78, 5) is 25.5. The van der Waals surface area contributed by atoms with Crippen molar-refractivity contribution in [1.82, 2.24) is 4.90 Å². The van der Waals surface area contributed by atoms with Gasteiger partial charge in [0.05, 0.1) is 11.8 Å². The monoisotopic (exact) mass is 269 g/mol. The van der Waals surface area contributed by atoms with E-state index in [2.05, 4.69) is 20.8 Å². The van der Waals surface area contributed by atoms with Gasteiger partial charge < -0.3 is 10.0 Å². The molecular formula is C15H27NO3. The summed E-state index contributed by atoms with van der Waals surface area (Å²) in [7, 11) is 1.80. The largest absolute Gasteiger partial charge is 0.481 e. The molecule has 0 bridgehead atoms. The van der Waals surface area contributed by atoms with Crippen molar-refractivity contribution in [1.29, 1.82) is 0 Å². The van der Waals surface area contributed by atoms with Crippen LogP contribution in [0.25, 0.3) is 0 Å². The van der Waals surface area contributed by atoms with E-state index < -0.39 is 11.9 Å². The Morgan fingerprint density at radius 2 is 1.84 bits per heavy atom. The summed E-state index contributed by atoms with van der Waals surface area (Å²) in [6, 6.07) is 0. The van der Waals surface area contributed by atoms with E-state index in [0.29, 0.717) is 18.3 Å². The van der Waals surface area contributed by atoms with E-state index in [1.54, 1.807) is 11.9 Å². The van der Waals surface area contributed by atoms with E-state index in [4.69, 9.17) is 0 Å². The van der Waals surface area contributed by atoms with Gasteiger partial charge >= 0.3 is 5.97 Å². The number of nitrogens with zero attached hydrogens (tertiary/aromatic N) is 1. The van der Waals surface area contributed by atoms with Crippen molar-refractivity contribution in [2.24, 2.45) is 23.7 Å². The zero-order valence-electron chi connectivity index (χ0n) is 12.6. The summed E-state index contributed by atoms with van der Waals surface area (Å²) >= 11 is 0. The van der Waals surface area contributed by atoms with Crippen LogP contribution in [0.4, 0.5) is 0 Å². The number of carbonyl (C=O) groups is 2. The van der Waals surface area contributed by atoms with Crippen LogP contribution in [0.3, 0.4) is 0 Å². The van der Waals surface area contributed by atoms with Gasteiger partial charge in [-0.2, -0.15) is 0 Å². The van der Waals surface area contributed by atoms with E-state index in [0.717, 1.165) is 25.8 Å². The second-order valence-electron chi connectivity index (χ2n) is 6.03. The average Bonchev–Trinajstić information content (AvgIpc) is 2.81. The van der Waals surface area contributed by atoms with E-state index in [1.165, 1.54) is 0 Å². The summed E-state index contributed by atoms with van der Waals surface area (Å²) in [5.74, 6) is -0.768. The predicted octanol–water partition coefficient (Wildman–Crippen LogP) is 2.63. The van der Waals surface area contributed by atoms with E-state index >= 15 is 0 Å². The second kappa shape index (κ2) is 6.92. The minimum Gasteiger partial charge on any atom is -0.481 e. The summed E-state index contributed by atoms with van der Waals surface area (Å²) in [6.07, 6.45) is 3.38. The lowest BCUT2D eigenvalue weighted by Crippen LogP contribution is -2.38. The first kappa shape index (κ1) is 16.0. The lowest BCUT2D eigenvalue weighted by molar-refractivity contribution is -0.148. The lowest BCUT2D eigenvalue weighted by atomic mass is 9.94. The van der Waals surface area contributed by atoms with Crippen LogP contribution in [0.5, 0.6) is 0 Å². The zero-order valence-corrected chi connectivity index (χ0v) is 12.6. The Balaban J connectivity index is 2.70. The normalized spacial score (nSPS) is 28.1. The Bertz CT molecular complexity index is 329. The molecule has 0 saturated heterocycles. The first-order valence-corrected chi connectivity index (χ1v) is 7.38. The number of aliphatic carboxylic acids is 1. The maximum atomic E-state index is 12.4. The molecule has 4 atom stereocenters. The van der Waals surface area contributed by atoms with Crippen molar-refractivity contribution in [2.45, 2.75) is 46.5 Å². The van der Waals surface area contributed by atoms with Gasteiger partial charge in [-0.15, -0.1) is 0 Å². The molecule has 1 fully saturated rings. The molecule has 4 heteroatoms. The number of rotatable bonds is 6. The first-order valence-electron chi connectivity index (χ1n) is 7.38. The van der Waals surface area contributed by atoms with E-state index in [-0.39, 0.29) is 11.8 Å². The van der Waals surface area contributed by atoms with Crippen LogP contribution in [0.15, 0.2) is 0 Å². The fourth-order valence-electron chi connectivity index (χ4n) is 2.99. The summed E-state index contributed by atoms with van der Waals surface area (Å²) in [5, 5.41) is 9.28. The molecule has 0 aromatic carbocycles. The van der Waals surface area contributed by atoms with Gasteiger partial charge in [0.1, 0.15) is 0 Å². The van der Waals surface area contributed by atoms with E-state index in [9.17, 15) is 14.7 Å². The van der Waals surface area contributed by atoms with Crippen molar-refractivity contribution >= 4 is 11.9 Å². The average molecular weight is 269 g/mol. The SMILES string of the molecule is CCC(C)CN(C)C(=O)[C@H]1CC(CC)C[C@H]1C(=O)O. The molecule has 0 aromatic rings. The van der Waals surface area contributed by atoms with Gasteiger partial charge in [-0.1, -0.05) is 33.6 Å². The fourth-order valence-corrected chi connectivity index (χ4v) is 2.99. The van der Waals surface area contributed by atoms with Crippen LogP contribution < -0.4 is 0 Å². The minimum absolute atomic E-state index is 0.0173. The number of amides is 1.